The number of aryl methyl sites for hydroxylation is 1. The van der Waals surface area contributed by atoms with Crippen molar-refractivity contribution in [3.63, 3.8) is 0 Å². The number of aliphatic hydroxyl groups excluding tert-OH is 1. The molecule has 0 aliphatic heterocycles. The van der Waals surface area contributed by atoms with Gasteiger partial charge >= 0.3 is 0 Å². The van der Waals surface area contributed by atoms with Crippen LogP contribution in [0.3, 0.4) is 0 Å². The van der Waals surface area contributed by atoms with Crippen molar-refractivity contribution in [2.24, 2.45) is 5.41 Å². The monoisotopic (exact) mass is 441 g/mol. The second kappa shape index (κ2) is 9.39. The van der Waals surface area contributed by atoms with E-state index in [2.05, 4.69) is 11.4 Å². The smallest absolute Gasteiger partial charge is 0.244 e. The van der Waals surface area contributed by atoms with Gasteiger partial charge in [-0.3, -0.25) is 0 Å². The summed E-state index contributed by atoms with van der Waals surface area (Å²) in [4.78, 5) is 0.0450. The Kier molecular flexibility index (Phi) is 7.05. The summed E-state index contributed by atoms with van der Waals surface area (Å²) in [6, 6.07) is 14.5. The van der Waals surface area contributed by atoms with Crippen molar-refractivity contribution in [2.45, 2.75) is 50.5 Å². The minimum absolute atomic E-state index is 0.0450. The molecular formula is C24H31N3O3S. The molecule has 1 fully saturated rings. The van der Waals surface area contributed by atoms with Gasteiger partial charge in [0.2, 0.25) is 10.0 Å². The predicted octanol–water partition coefficient (Wildman–Crippen LogP) is 4.21. The quantitative estimate of drug-likeness (QED) is 0.640. The number of hydrogen-bond donors (Lipinski definition) is 2. The molecule has 0 heterocycles. The van der Waals surface area contributed by atoms with E-state index in [1.165, 1.54) is 4.31 Å². The fraction of sp³-hybridized carbons (Fsp3) is 0.458. The molecule has 0 amide bonds. The van der Waals surface area contributed by atoms with Gasteiger partial charge in [0.1, 0.15) is 11.0 Å². The molecule has 0 unspecified atom stereocenters. The van der Waals surface area contributed by atoms with Crippen LogP contribution in [0.2, 0.25) is 0 Å². The second-order valence-corrected chi connectivity index (χ2v) is 10.5. The summed E-state index contributed by atoms with van der Waals surface area (Å²) in [7, 11) is -2.33. The third-order valence-electron chi connectivity index (χ3n) is 6.53. The normalized spacial score (nSPS) is 16.8. The third kappa shape index (κ3) is 4.77. The molecule has 1 aliphatic carbocycles. The zero-order chi connectivity index (χ0) is 22.6. The summed E-state index contributed by atoms with van der Waals surface area (Å²) in [5.74, 6) is 0. The van der Waals surface area contributed by atoms with Gasteiger partial charge < -0.3 is 10.4 Å². The van der Waals surface area contributed by atoms with Crippen LogP contribution < -0.4 is 5.32 Å². The van der Waals surface area contributed by atoms with E-state index in [1.54, 1.807) is 26.1 Å². The first kappa shape index (κ1) is 23.3. The Balaban J connectivity index is 1.89. The lowest BCUT2D eigenvalue weighted by molar-refractivity contribution is 0.142. The van der Waals surface area contributed by atoms with Gasteiger partial charge in [0, 0.05) is 30.7 Å². The molecule has 0 radical (unpaired) electrons. The van der Waals surface area contributed by atoms with E-state index in [1.807, 2.05) is 37.3 Å². The maximum absolute atomic E-state index is 13.4. The average Bonchev–Trinajstić information content (AvgIpc) is 3.26. The molecule has 6 nitrogen and oxygen atoms in total. The number of hydrogen-bond acceptors (Lipinski definition) is 5. The van der Waals surface area contributed by atoms with Gasteiger partial charge in [0.15, 0.2) is 0 Å². The van der Waals surface area contributed by atoms with E-state index >= 15 is 0 Å². The molecule has 166 valence electrons. The molecule has 2 aromatic rings. The maximum atomic E-state index is 13.4. The van der Waals surface area contributed by atoms with Crippen molar-refractivity contribution in [1.29, 1.82) is 5.26 Å². The highest BCUT2D eigenvalue weighted by atomic mass is 32.2. The zero-order valence-corrected chi connectivity index (χ0v) is 19.2. The summed E-state index contributed by atoms with van der Waals surface area (Å²) in [5.41, 5.74) is 2.09. The number of anilines is 1. The number of rotatable bonds is 8. The summed E-state index contributed by atoms with van der Waals surface area (Å²) in [6.07, 6.45) is 4.14. The second-order valence-electron chi connectivity index (χ2n) is 8.61. The Hall–Kier alpha value is -2.40. The highest BCUT2D eigenvalue weighted by molar-refractivity contribution is 7.89. The van der Waals surface area contributed by atoms with Crippen molar-refractivity contribution < 1.29 is 13.5 Å². The van der Waals surface area contributed by atoms with Gasteiger partial charge in [-0.05, 0) is 49.9 Å². The Labute approximate surface area is 185 Å². The highest BCUT2D eigenvalue weighted by Gasteiger charge is 2.34. The minimum atomic E-state index is -3.88. The molecule has 0 saturated heterocycles. The molecule has 0 aromatic heterocycles. The Morgan fingerprint density at radius 1 is 1.23 bits per heavy atom. The summed E-state index contributed by atoms with van der Waals surface area (Å²) < 4.78 is 28.2. The minimum Gasteiger partial charge on any atom is -0.396 e. The van der Waals surface area contributed by atoms with Gasteiger partial charge in [0.05, 0.1) is 12.2 Å². The molecule has 2 aromatic carbocycles. The summed E-state index contributed by atoms with van der Waals surface area (Å²) >= 11 is 0. The number of aliphatic hydroxyl groups is 1. The first-order chi connectivity index (χ1) is 14.7. The largest absolute Gasteiger partial charge is 0.396 e. The van der Waals surface area contributed by atoms with Crippen LogP contribution >= 0.6 is 0 Å². The molecule has 0 spiro atoms. The van der Waals surface area contributed by atoms with E-state index < -0.39 is 10.0 Å². The molecule has 7 heteroatoms. The van der Waals surface area contributed by atoms with E-state index in [4.69, 9.17) is 0 Å². The van der Waals surface area contributed by atoms with Crippen LogP contribution in [-0.4, -0.2) is 38.0 Å². The van der Waals surface area contributed by atoms with Crippen LogP contribution in [-0.2, 0) is 10.0 Å². The van der Waals surface area contributed by atoms with Gasteiger partial charge in [-0.25, -0.2) is 8.42 Å². The van der Waals surface area contributed by atoms with Crippen LogP contribution in [0.4, 0.5) is 5.69 Å². The Morgan fingerprint density at radius 2 is 1.87 bits per heavy atom. The lowest BCUT2D eigenvalue weighted by Gasteiger charge is -2.28. The fourth-order valence-corrected chi connectivity index (χ4v) is 6.07. The van der Waals surface area contributed by atoms with Gasteiger partial charge in [-0.2, -0.15) is 9.57 Å². The van der Waals surface area contributed by atoms with Gasteiger partial charge in [-0.1, -0.05) is 43.2 Å². The van der Waals surface area contributed by atoms with Gasteiger partial charge in [0.25, 0.3) is 0 Å². The third-order valence-corrected chi connectivity index (χ3v) is 8.66. The highest BCUT2D eigenvalue weighted by Crippen LogP contribution is 2.38. The van der Waals surface area contributed by atoms with Crippen LogP contribution in [0.15, 0.2) is 47.4 Å². The molecule has 31 heavy (non-hydrogen) atoms. The van der Waals surface area contributed by atoms with E-state index in [0.717, 1.165) is 31.2 Å². The molecular weight excluding hydrogens is 410 g/mol. The van der Waals surface area contributed by atoms with Crippen molar-refractivity contribution in [1.82, 2.24) is 4.31 Å². The molecule has 1 atom stereocenters. The van der Waals surface area contributed by atoms with Crippen LogP contribution in [0.25, 0.3) is 0 Å². The van der Waals surface area contributed by atoms with Crippen LogP contribution in [0.5, 0.6) is 0 Å². The number of nitrogens with one attached hydrogen (secondary N) is 1. The van der Waals surface area contributed by atoms with E-state index in [9.17, 15) is 18.8 Å². The number of nitrogens with zero attached hydrogens (tertiary/aromatic N) is 2. The molecule has 0 bridgehead atoms. The number of benzene rings is 2. The van der Waals surface area contributed by atoms with Crippen molar-refractivity contribution in [2.75, 3.05) is 25.5 Å². The van der Waals surface area contributed by atoms with Gasteiger partial charge in [-0.15, -0.1) is 0 Å². The van der Waals surface area contributed by atoms with Crippen molar-refractivity contribution in [3.05, 3.63) is 59.2 Å². The first-order valence-electron chi connectivity index (χ1n) is 10.7. The number of nitriles is 1. The Morgan fingerprint density at radius 3 is 2.45 bits per heavy atom. The molecule has 1 aliphatic rings. The predicted molar refractivity (Wildman–Crippen MR) is 122 cm³/mol. The molecule has 2 N–H and O–H groups in total. The first-order valence-corrected chi connectivity index (χ1v) is 12.1. The average molecular weight is 442 g/mol. The van der Waals surface area contributed by atoms with E-state index in [-0.39, 0.29) is 28.5 Å². The van der Waals surface area contributed by atoms with E-state index in [0.29, 0.717) is 17.8 Å². The standard InChI is InChI=1S/C24H31N3O3S/c1-18-13-22(26-16-24(17-28)11-7-8-12-24)14-21(15-25)23(18)31(29,30)27(3)19(2)20-9-5-4-6-10-20/h4-6,9-10,13-14,19,26,28H,7-8,11-12,16-17H2,1-3H3/t19-/m1/s1. The zero-order valence-electron chi connectivity index (χ0n) is 18.4. The summed E-state index contributed by atoms with van der Waals surface area (Å²) in [6.45, 7) is 4.28. The van der Waals surface area contributed by atoms with Crippen LogP contribution in [0, 0.1) is 23.7 Å². The SMILES string of the molecule is Cc1cc(NCC2(CO)CCCC2)cc(C#N)c1S(=O)(=O)N(C)[C@H](C)c1ccccc1. The fourth-order valence-electron chi connectivity index (χ4n) is 4.40. The van der Waals surface area contributed by atoms with Crippen molar-refractivity contribution in [3.8, 4) is 6.07 Å². The lowest BCUT2D eigenvalue weighted by Crippen LogP contribution is -2.31. The summed E-state index contributed by atoms with van der Waals surface area (Å²) in [5, 5.41) is 22.9. The Bertz CT molecular complexity index is 1060. The van der Waals surface area contributed by atoms with Crippen LogP contribution in [0.1, 0.15) is 55.3 Å². The molecule has 3 rings (SSSR count). The lowest BCUT2D eigenvalue weighted by atomic mass is 9.87. The maximum Gasteiger partial charge on any atom is 0.244 e. The van der Waals surface area contributed by atoms with Crippen molar-refractivity contribution >= 4 is 15.7 Å². The number of sulfonamides is 1. The molecule has 1 saturated carbocycles. The topological polar surface area (TPSA) is 93.4 Å².